The number of sulfonamides is 1. The highest BCUT2D eigenvalue weighted by molar-refractivity contribution is 7.91. The lowest BCUT2D eigenvalue weighted by Crippen LogP contribution is -3.18. The SMILES string of the molecule is O=S1(=O)CC[C@H]([NH+]2CCN(S(=O)(=O)c3cc(F)ccc3F)CC2)C1. The predicted octanol–water partition coefficient (Wildman–Crippen LogP) is -0.959. The molecule has 1 N–H and O–H groups in total. The van der Waals surface area contributed by atoms with E-state index in [0.29, 0.717) is 25.6 Å². The smallest absolute Gasteiger partial charge is 0.246 e. The Bertz CT molecular complexity index is 834. The number of rotatable bonds is 3. The van der Waals surface area contributed by atoms with E-state index in [9.17, 15) is 25.6 Å². The Kier molecular flexibility index (Phi) is 4.67. The van der Waals surface area contributed by atoms with Gasteiger partial charge in [0.2, 0.25) is 10.0 Å². The molecule has 2 fully saturated rings. The van der Waals surface area contributed by atoms with Gasteiger partial charge in [0.25, 0.3) is 0 Å². The lowest BCUT2D eigenvalue weighted by Gasteiger charge is -2.34. The summed E-state index contributed by atoms with van der Waals surface area (Å²) in [5, 5.41) is 0. The molecule has 0 radical (unpaired) electrons. The monoisotopic (exact) mass is 381 g/mol. The Hall–Kier alpha value is -1.10. The van der Waals surface area contributed by atoms with E-state index in [0.717, 1.165) is 21.3 Å². The Morgan fingerprint density at radius 2 is 1.83 bits per heavy atom. The van der Waals surface area contributed by atoms with Crippen LogP contribution in [0.2, 0.25) is 0 Å². The summed E-state index contributed by atoms with van der Waals surface area (Å²) in [6.45, 7) is 1.22. The largest absolute Gasteiger partial charge is 0.329 e. The van der Waals surface area contributed by atoms with Crippen LogP contribution in [0.3, 0.4) is 0 Å². The molecular weight excluding hydrogens is 362 g/mol. The molecule has 0 spiro atoms. The van der Waals surface area contributed by atoms with Crippen LogP contribution in [0.1, 0.15) is 6.42 Å². The van der Waals surface area contributed by atoms with Crippen molar-refractivity contribution in [3.63, 3.8) is 0 Å². The van der Waals surface area contributed by atoms with E-state index in [-0.39, 0.29) is 30.6 Å². The first kappa shape index (κ1) is 17.7. The quantitative estimate of drug-likeness (QED) is 0.732. The summed E-state index contributed by atoms with van der Waals surface area (Å²) in [6.07, 6.45) is 0.586. The van der Waals surface area contributed by atoms with Gasteiger partial charge in [-0.05, 0) is 18.2 Å². The maximum absolute atomic E-state index is 13.8. The number of nitrogens with one attached hydrogen (secondary N) is 1. The number of hydrogen-bond acceptors (Lipinski definition) is 4. The number of sulfone groups is 1. The minimum absolute atomic E-state index is 0.00856. The van der Waals surface area contributed by atoms with Gasteiger partial charge in [0.05, 0.1) is 31.9 Å². The second kappa shape index (κ2) is 6.32. The summed E-state index contributed by atoms with van der Waals surface area (Å²) < 4.78 is 76.3. The zero-order valence-electron chi connectivity index (χ0n) is 12.9. The molecule has 0 amide bonds. The van der Waals surface area contributed by atoms with Gasteiger partial charge >= 0.3 is 0 Å². The molecule has 1 atom stereocenters. The topological polar surface area (TPSA) is 76.0 Å². The summed E-state index contributed by atoms with van der Waals surface area (Å²) in [5.41, 5.74) is 0. The molecule has 0 bridgehead atoms. The minimum atomic E-state index is -4.10. The van der Waals surface area contributed by atoms with Crippen molar-refractivity contribution >= 4 is 19.9 Å². The van der Waals surface area contributed by atoms with Crippen molar-refractivity contribution in [2.24, 2.45) is 0 Å². The summed E-state index contributed by atoms with van der Waals surface area (Å²) in [5.74, 6) is -1.48. The lowest BCUT2D eigenvalue weighted by atomic mass is 10.2. The van der Waals surface area contributed by atoms with E-state index in [1.54, 1.807) is 0 Å². The zero-order chi connectivity index (χ0) is 17.5. The van der Waals surface area contributed by atoms with Crippen LogP contribution >= 0.6 is 0 Å². The van der Waals surface area contributed by atoms with Crippen molar-refractivity contribution in [2.75, 3.05) is 37.7 Å². The third-order valence-corrected chi connectivity index (χ3v) is 8.37. The van der Waals surface area contributed by atoms with E-state index >= 15 is 0 Å². The summed E-state index contributed by atoms with van der Waals surface area (Å²) in [7, 11) is -7.08. The average molecular weight is 381 g/mol. The first-order chi connectivity index (χ1) is 11.2. The number of nitrogens with zero attached hydrogens (tertiary/aromatic N) is 1. The van der Waals surface area contributed by atoms with Crippen molar-refractivity contribution < 1.29 is 30.5 Å². The molecule has 1 aromatic rings. The molecule has 6 nitrogen and oxygen atoms in total. The fourth-order valence-electron chi connectivity index (χ4n) is 3.35. The van der Waals surface area contributed by atoms with Gasteiger partial charge in [-0.25, -0.2) is 25.6 Å². The number of quaternary nitrogens is 1. The molecular formula is C14H19F2N2O4S2+. The second-order valence-electron chi connectivity index (χ2n) is 6.24. The van der Waals surface area contributed by atoms with Crippen LogP contribution < -0.4 is 4.90 Å². The number of benzene rings is 1. The van der Waals surface area contributed by atoms with Gasteiger partial charge in [0, 0.05) is 6.42 Å². The molecule has 2 saturated heterocycles. The lowest BCUT2D eigenvalue weighted by molar-refractivity contribution is -0.925. The molecule has 1 aromatic carbocycles. The van der Waals surface area contributed by atoms with Gasteiger partial charge in [-0.15, -0.1) is 0 Å². The highest BCUT2D eigenvalue weighted by Gasteiger charge is 2.39. The van der Waals surface area contributed by atoms with Crippen LogP contribution in [0, 0.1) is 11.6 Å². The van der Waals surface area contributed by atoms with Crippen molar-refractivity contribution in [2.45, 2.75) is 17.4 Å². The molecule has 0 aromatic heterocycles. The van der Waals surface area contributed by atoms with Crippen LogP contribution in [0.4, 0.5) is 8.78 Å². The summed E-state index contributed by atoms with van der Waals surface area (Å²) in [4.78, 5) is 0.400. The Balaban J connectivity index is 1.71. The number of piperazine rings is 1. The molecule has 2 heterocycles. The summed E-state index contributed by atoms with van der Waals surface area (Å²) >= 11 is 0. The van der Waals surface area contributed by atoms with E-state index in [4.69, 9.17) is 0 Å². The molecule has 0 unspecified atom stereocenters. The molecule has 0 aliphatic carbocycles. The Morgan fingerprint density at radius 1 is 1.17 bits per heavy atom. The third kappa shape index (κ3) is 3.46. The fourth-order valence-corrected chi connectivity index (χ4v) is 6.70. The Labute approximate surface area is 140 Å². The second-order valence-corrected chi connectivity index (χ2v) is 10.4. The standard InChI is InChI=1S/C14H18F2N2O4S2/c15-11-1-2-13(16)14(9-11)24(21,22)18-6-4-17(5-7-18)12-3-8-23(19,20)10-12/h1-2,9,12H,3-8,10H2/p+1/t12-/m0/s1. The molecule has 24 heavy (non-hydrogen) atoms. The van der Waals surface area contributed by atoms with Crippen LogP contribution in [0.5, 0.6) is 0 Å². The van der Waals surface area contributed by atoms with E-state index in [1.165, 1.54) is 0 Å². The molecule has 134 valence electrons. The van der Waals surface area contributed by atoms with Crippen molar-refractivity contribution in [3.8, 4) is 0 Å². The molecule has 0 saturated carbocycles. The van der Waals surface area contributed by atoms with Crippen LogP contribution in [-0.4, -0.2) is 64.9 Å². The van der Waals surface area contributed by atoms with Crippen molar-refractivity contribution in [1.29, 1.82) is 0 Å². The summed E-state index contributed by atoms with van der Waals surface area (Å²) in [6, 6.07) is 2.35. The predicted molar refractivity (Wildman–Crippen MR) is 82.9 cm³/mol. The number of halogens is 2. The maximum atomic E-state index is 13.8. The zero-order valence-corrected chi connectivity index (χ0v) is 14.5. The van der Waals surface area contributed by atoms with Gasteiger partial charge in [-0.1, -0.05) is 0 Å². The molecule has 10 heteroatoms. The average Bonchev–Trinajstić information content (AvgIpc) is 2.90. The maximum Gasteiger partial charge on any atom is 0.246 e. The van der Waals surface area contributed by atoms with E-state index in [2.05, 4.69) is 0 Å². The van der Waals surface area contributed by atoms with Gasteiger partial charge in [0.15, 0.2) is 9.84 Å². The molecule has 2 aliphatic rings. The van der Waals surface area contributed by atoms with Crippen molar-refractivity contribution in [1.82, 2.24) is 4.31 Å². The van der Waals surface area contributed by atoms with Gasteiger partial charge in [0.1, 0.15) is 28.3 Å². The highest BCUT2D eigenvalue weighted by Crippen LogP contribution is 2.20. The van der Waals surface area contributed by atoms with Crippen LogP contribution in [0.15, 0.2) is 23.1 Å². The van der Waals surface area contributed by atoms with Crippen molar-refractivity contribution in [3.05, 3.63) is 29.8 Å². The van der Waals surface area contributed by atoms with Gasteiger partial charge < -0.3 is 4.90 Å². The van der Waals surface area contributed by atoms with E-state index in [1.807, 2.05) is 0 Å². The first-order valence-corrected chi connectivity index (χ1v) is 11.0. The number of hydrogen-bond donors (Lipinski definition) is 1. The van der Waals surface area contributed by atoms with E-state index < -0.39 is 36.4 Å². The molecule has 3 rings (SSSR count). The Morgan fingerprint density at radius 3 is 2.42 bits per heavy atom. The van der Waals surface area contributed by atoms with Crippen LogP contribution in [0.25, 0.3) is 0 Å². The minimum Gasteiger partial charge on any atom is -0.329 e. The fraction of sp³-hybridized carbons (Fsp3) is 0.571. The van der Waals surface area contributed by atoms with Crippen LogP contribution in [-0.2, 0) is 19.9 Å². The highest BCUT2D eigenvalue weighted by atomic mass is 32.2. The normalized spacial score (nSPS) is 25.8. The van der Waals surface area contributed by atoms with Gasteiger partial charge in [-0.2, -0.15) is 4.31 Å². The third-order valence-electron chi connectivity index (χ3n) is 4.69. The first-order valence-electron chi connectivity index (χ1n) is 7.69. The van der Waals surface area contributed by atoms with Gasteiger partial charge in [-0.3, -0.25) is 0 Å². The molecule has 2 aliphatic heterocycles.